The smallest absolute Gasteiger partial charge is 0.232 e. The molecule has 0 saturated heterocycles. The molecule has 5 rings (SSSR count). The number of carbonyl (C=O) groups excluding carboxylic acids is 1. The first-order valence-electron chi connectivity index (χ1n) is 9.74. The largest absolute Gasteiger partial charge is 0.493 e. The molecule has 0 bridgehead atoms. The van der Waals surface area contributed by atoms with Crippen LogP contribution in [0.4, 0.5) is 0 Å². The van der Waals surface area contributed by atoms with E-state index in [0.29, 0.717) is 35.8 Å². The highest BCUT2D eigenvalue weighted by Crippen LogP contribution is 2.44. The van der Waals surface area contributed by atoms with Crippen molar-refractivity contribution in [3.05, 3.63) is 89.5 Å². The summed E-state index contributed by atoms with van der Waals surface area (Å²) in [7, 11) is 0. The molecule has 2 aliphatic rings. The number of nitrogens with one attached hydrogen (secondary N) is 1. The van der Waals surface area contributed by atoms with Gasteiger partial charge in [-0.15, -0.1) is 0 Å². The van der Waals surface area contributed by atoms with Gasteiger partial charge in [0.2, 0.25) is 5.91 Å². The second kappa shape index (κ2) is 6.94. The number of aliphatic hydroxyl groups is 1. The first-order chi connectivity index (χ1) is 14.2. The fourth-order valence-electron chi connectivity index (χ4n) is 4.15. The summed E-state index contributed by atoms with van der Waals surface area (Å²) in [4.78, 5) is 13.3. The Morgan fingerprint density at radius 1 is 0.931 bits per heavy atom. The van der Waals surface area contributed by atoms with Crippen molar-refractivity contribution in [2.45, 2.75) is 17.9 Å². The van der Waals surface area contributed by atoms with Crippen LogP contribution in [0.1, 0.15) is 29.0 Å². The number of rotatable bonds is 3. The molecule has 5 nitrogen and oxygen atoms in total. The van der Waals surface area contributed by atoms with Crippen LogP contribution in [-0.2, 0) is 10.4 Å². The molecule has 5 heteroatoms. The Hall–Kier alpha value is -3.31. The fourth-order valence-corrected chi connectivity index (χ4v) is 4.15. The maximum absolute atomic E-state index is 13.3. The second-order valence-corrected chi connectivity index (χ2v) is 7.45. The number of hydrogen-bond acceptors (Lipinski definition) is 4. The minimum atomic E-state index is -1.16. The van der Waals surface area contributed by atoms with Gasteiger partial charge in [-0.2, -0.15) is 0 Å². The monoisotopic (exact) mass is 387 g/mol. The first kappa shape index (κ1) is 17.8. The molecule has 0 aliphatic carbocycles. The molecule has 29 heavy (non-hydrogen) atoms. The number of amides is 1. The van der Waals surface area contributed by atoms with Crippen molar-refractivity contribution in [1.29, 1.82) is 0 Å². The Labute approximate surface area is 168 Å². The van der Waals surface area contributed by atoms with Gasteiger partial charge in [0.25, 0.3) is 0 Å². The summed E-state index contributed by atoms with van der Waals surface area (Å²) in [5.41, 5.74) is 1.19. The molecule has 2 heterocycles. The molecule has 0 saturated carbocycles. The van der Waals surface area contributed by atoms with E-state index in [9.17, 15) is 9.90 Å². The number of hydrogen-bond donors (Lipinski definition) is 2. The van der Waals surface area contributed by atoms with Gasteiger partial charge in [-0.25, -0.2) is 0 Å². The van der Waals surface area contributed by atoms with Gasteiger partial charge in [-0.3, -0.25) is 4.79 Å². The summed E-state index contributed by atoms with van der Waals surface area (Å²) < 4.78 is 11.6. The molecule has 0 fully saturated rings. The van der Waals surface area contributed by atoms with Crippen LogP contribution in [-0.4, -0.2) is 24.2 Å². The van der Waals surface area contributed by atoms with E-state index in [4.69, 9.17) is 9.47 Å². The van der Waals surface area contributed by atoms with Crippen molar-refractivity contribution < 1.29 is 19.4 Å². The average Bonchev–Trinajstić information content (AvgIpc) is 2.76. The van der Waals surface area contributed by atoms with Crippen LogP contribution >= 0.6 is 0 Å². The molecule has 3 aromatic rings. The number of carbonyl (C=O) groups is 1. The third kappa shape index (κ3) is 3.04. The van der Waals surface area contributed by atoms with Gasteiger partial charge < -0.3 is 19.9 Å². The first-order valence-corrected chi connectivity index (χ1v) is 9.74. The third-order valence-corrected chi connectivity index (χ3v) is 5.66. The Morgan fingerprint density at radius 2 is 1.52 bits per heavy atom. The van der Waals surface area contributed by atoms with Crippen molar-refractivity contribution >= 4 is 5.91 Å². The maximum Gasteiger partial charge on any atom is 0.232 e. The molecule has 0 aromatic heterocycles. The normalized spacial score (nSPS) is 19.8. The summed E-state index contributed by atoms with van der Waals surface area (Å²) in [6.07, 6.45) is 0.422. The van der Waals surface area contributed by atoms with E-state index in [1.165, 1.54) is 0 Å². The van der Waals surface area contributed by atoms with Gasteiger partial charge >= 0.3 is 0 Å². The average molecular weight is 387 g/mol. The zero-order valence-electron chi connectivity index (χ0n) is 15.8. The van der Waals surface area contributed by atoms with Crippen molar-refractivity contribution in [2.24, 2.45) is 0 Å². The molecule has 1 atom stereocenters. The SMILES string of the molecule is O=C(NC[C@@]1(O)CCOc2ccccc21)C1c2ccccc2Oc2ccccc21. The maximum atomic E-state index is 13.3. The molecule has 1 amide bonds. The Morgan fingerprint density at radius 3 is 2.21 bits per heavy atom. The lowest BCUT2D eigenvalue weighted by atomic mass is 9.85. The predicted octanol–water partition coefficient (Wildman–Crippen LogP) is 3.71. The van der Waals surface area contributed by atoms with E-state index in [1.807, 2.05) is 72.8 Å². The second-order valence-electron chi connectivity index (χ2n) is 7.45. The van der Waals surface area contributed by atoms with E-state index in [-0.39, 0.29) is 12.5 Å². The van der Waals surface area contributed by atoms with E-state index < -0.39 is 11.5 Å². The van der Waals surface area contributed by atoms with E-state index in [0.717, 1.165) is 11.1 Å². The van der Waals surface area contributed by atoms with Crippen molar-refractivity contribution in [3.63, 3.8) is 0 Å². The van der Waals surface area contributed by atoms with Crippen LogP contribution < -0.4 is 14.8 Å². The number of fused-ring (bicyclic) bond motifs is 3. The van der Waals surface area contributed by atoms with Crippen LogP contribution in [0.25, 0.3) is 0 Å². The quantitative estimate of drug-likeness (QED) is 0.719. The summed E-state index contributed by atoms with van der Waals surface area (Å²) in [5.74, 6) is 1.38. The Bertz CT molecular complexity index is 1030. The molecule has 146 valence electrons. The summed E-state index contributed by atoms with van der Waals surface area (Å²) in [6, 6.07) is 22.6. The highest BCUT2D eigenvalue weighted by Gasteiger charge is 2.38. The molecule has 0 radical (unpaired) electrons. The minimum absolute atomic E-state index is 0.119. The number of ether oxygens (including phenoxy) is 2. The summed E-state index contributed by atoms with van der Waals surface area (Å²) >= 11 is 0. The van der Waals surface area contributed by atoms with Crippen LogP contribution in [0.5, 0.6) is 17.2 Å². The fraction of sp³-hybridized carbons (Fsp3) is 0.208. The molecule has 3 aromatic carbocycles. The van der Waals surface area contributed by atoms with Gasteiger partial charge in [0, 0.05) is 23.1 Å². The highest BCUT2D eigenvalue weighted by molar-refractivity contribution is 5.89. The van der Waals surface area contributed by atoms with Crippen molar-refractivity contribution in [2.75, 3.05) is 13.2 Å². The lowest BCUT2D eigenvalue weighted by molar-refractivity contribution is -0.123. The molecular formula is C24H21NO4. The zero-order valence-corrected chi connectivity index (χ0v) is 15.8. The van der Waals surface area contributed by atoms with E-state index >= 15 is 0 Å². The molecular weight excluding hydrogens is 366 g/mol. The number of para-hydroxylation sites is 3. The van der Waals surface area contributed by atoms with Gasteiger partial charge in [0.15, 0.2) is 0 Å². The third-order valence-electron chi connectivity index (χ3n) is 5.66. The molecule has 0 spiro atoms. The van der Waals surface area contributed by atoms with E-state index in [2.05, 4.69) is 5.32 Å². The van der Waals surface area contributed by atoms with Gasteiger partial charge in [0.05, 0.1) is 19.1 Å². The van der Waals surface area contributed by atoms with Gasteiger partial charge in [-0.05, 0) is 18.2 Å². The zero-order chi connectivity index (χ0) is 19.8. The van der Waals surface area contributed by atoms with Crippen LogP contribution in [0, 0.1) is 0 Å². The predicted molar refractivity (Wildman–Crippen MR) is 108 cm³/mol. The van der Waals surface area contributed by atoms with Crippen molar-refractivity contribution in [1.82, 2.24) is 5.32 Å². The lowest BCUT2D eigenvalue weighted by Gasteiger charge is -2.35. The molecule has 2 N–H and O–H groups in total. The number of benzene rings is 3. The summed E-state index contributed by atoms with van der Waals surface area (Å²) in [5, 5.41) is 14.2. The molecule has 2 aliphatic heterocycles. The Balaban J connectivity index is 1.44. The van der Waals surface area contributed by atoms with Crippen molar-refractivity contribution in [3.8, 4) is 17.2 Å². The molecule has 0 unspecified atom stereocenters. The van der Waals surface area contributed by atoms with Crippen LogP contribution in [0.15, 0.2) is 72.8 Å². The lowest BCUT2D eigenvalue weighted by Crippen LogP contribution is -2.45. The Kier molecular flexibility index (Phi) is 4.25. The standard InChI is InChI=1S/C24H21NO4/c26-23(25-15-24(27)13-14-28-21-12-6-3-9-18(21)24)22-16-7-1-4-10-19(16)29-20-11-5-2-8-17(20)22/h1-12,22,27H,13-15H2,(H,25,26)/t24-/m0/s1. The van der Waals surface area contributed by atoms with E-state index in [1.54, 1.807) is 0 Å². The van der Waals surface area contributed by atoms with Crippen LogP contribution in [0.2, 0.25) is 0 Å². The van der Waals surface area contributed by atoms with Gasteiger partial charge in [-0.1, -0.05) is 54.6 Å². The van der Waals surface area contributed by atoms with Gasteiger partial charge in [0.1, 0.15) is 22.8 Å². The minimum Gasteiger partial charge on any atom is -0.493 e. The van der Waals surface area contributed by atoms with Crippen LogP contribution in [0.3, 0.4) is 0 Å². The summed E-state index contributed by atoms with van der Waals surface area (Å²) in [6.45, 7) is 0.528. The topological polar surface area (TPSA) is 67.8 Å². The highest BCUT2D eigenvalue weighted by atomic mass is 16.5.